The number of halogens is 2. The molecule has 2 fully saturated rings. The van der Waals surface area contributed by atoms with Crippen LogP contribution >= 0.6 is 0 Å². The third kappa shape index (κ3) is 4.71. The Morgan fingerprint density at radius 2 is 2.06 bits per heavy atom. The molecule has 3 heterocycles. The molecule has 2 saturated carbocycles. The zero-order valence-electron chi connectivity index (χ0n) is 19.8. The molecule has 3 aromatic rings. The van der Waals surface area contributed by atoms with E-state index in [9.17, 15) is 18.7 Å². The van der Waals surface area contributed by atoms with Crippen LogP contribution in [0.15, 0.2) is 24.4 Å². The van der Waals surface area contributed by atoms with Crippen LogP contribution in [0.5, 0.6) is 11.8 Å². The van der Waals surface area contributed by atoms with E-state index in [1.54, 1.807) is 13.1 Å². The predicted octanol–water partition coefficient (Wildman–Crippen LogP) is 3.76. The van der Waals surface area contributed by atoms with Crippen molar-refractivity contribution in [3.05, 3.63) is 41.5 Å². The fourth-order valence-electron chi connectivity index (χ4n) is 5.34. The Labute approximate surface area is 205 Å². The third-order valence-corrected chi connectivity index (χ3v) is 7.12. The van der Waals surface area contributed by atoms with E-state index in [2.05, 4.69) is 25.3 Å². The van der Waals surface area contributed by atoms with Gasteiger partial charge < -0.3 is 14.6 Å². The van der Waals surface area contributed by atoms with Crippen LogP contribution in [-0.4, -0.2) is 47.1 Å². The van der Waals surface area contributed by atoms with Gasteiger partial charge in [0.2, 0.25) is 0 Å². The first-order valence-corrected chi connectivity index (χ1v) is 11.8. The normalized spacial score (nSPS) is 23.1. The molecule has 0 bridgehead atoms. The van der Waals surface area contributed by atoms with E-state index in [4.69, 9.17) is 9.47 Å². The Balaban J connectivity index is 1.28. The lowest BCUT2D eigenvalue weighted by molar-refractivity contribution is -0.143. The highest BCUT2D eigenvalue weighted by Gasteiger charge is 2.47. The van der Waals surface area contributed by atoms with Gasteiger partial charge in [-0.1, -0.05) is 5.21 Å². The van der Waals surface area contributed by atoms with Gasteiger partial charge in [0, 0.05) is 13.2 Å². The average molecular weight is 501 g/mol. The largest absolute Gasteiger partial charge is 0.489 e. The van der Waals surface area contributed by atoms with Crippen molar-refractivity contribution < 1.29 is 28.2 Å². The molecule has 10 nitrogen and oxygen atoms in total. The highest BCUT2D eigenvalue weighted by Crippen LogP contribution is 2.48. The van der Waals surface area contributed by atoms with Gasteiger partial charge in [0.1, 0.15) is 29.4 Å². The Morgan fingerprint density at radius 3 is 2.81 bits per heavy atom. The van der Waals surface area contributed by atoms with Gasteiger partial charge in [0.25, 0.3) is 6.43 Å². The number of fused-ring (bicyclic) bond motifs is 1. The van der Waals surface area contributed by atoms with E-state index in [0.29, 0.717) is 34.4 Å². The SMILES string of the molecule is Cc1nc(-c2nnn(C)c2COc2nccc(C(F)F)n2)ccc1O[C@H]1C[C@H]2CCC(C(=O)O)[C@H]2C1. The van der Waals surface area contributed by atoms with Gasteiger partial charge in [0.05, 0.1) is 23.4 Å². The van der Waals surface area contributed by atoms with Crippen LogP contribution in [0.3, 0.4) is 0 Å². The minimum Gasteiger partial charge on any atom is -0.489 e. The zero-order valence-corrected chi connectivity index (χ0v) is 19.8. The molecule has 0 spiro atoms. The molecular formula is C24H26F2N6O4. The maximum atomic E-state index is 12.9. The van der Waals surface area contributed by atoms with Crippen LogP contribution in [0, 0.1) is 24.7 Å². The van der Waals surface area contributed by atoms with Gasteiger partial charge in [-0.05, 0) is 62.6 Å². The van der Waals surface area contributed by atoms with E-state index < -0.39 is 18.1 Å². The number of aryl methyl sites for hydroxylation is 2. The highest BCUT2D eigenvalue weighted by atomic mass is 19.3. The summed E-state index contributed by atoms with van der Waals surface area (Å²) in [6, 6.07) is 4.57. The first kappa shape index (κ1) is 24.0. The summed E-state index contributed by atoms with van der Waals surface area (Å²) >= 11 is 0. The topological polar surface area (TPSA) is 125 Å². The Kier molecular flexibility index (Phi) is 6.50. The number of carbonyl (C=O) groups is 1. The molecule has 36 heavy (non-hydrogen) atoms. The maximum absolute atomic E-state index is 12.9. The third-order valence-electron chi connectivity index (χ3n) is 7.12. The summed E-state index contributed by atoms with van der Waals surface area (Å²) in [5.74, 6) is 0.242. The fourth-order valence-corrected chi connectivity index (χ4v) is 5.34. The van der Waals surface area contributed by atoms with Crippen molar-refractivity contribution in [2.45, 2.75) is 51.7 Å². The summed E-state index contributed by atoms with van der Waals surface area (Å²) in [7, 11) is 1.69. The number of ether oxygens (including phenoxy) is 2. The number of carboxylic acid groups (broad SMARTS) is 1. The molecule has 0 radical (unpaired) electrons. The van der Waals surface area contributed by atoms with Crippen molar-refractivity contribution in [1.29, 1.82) is 0 Å². The Hall–Kier alpha value is -3.70. The Bertz CT molecular complexity index is 1270. The molecule has 12 heteroatoms. The van der Waals surface area contributed by atoms with Gasteiger partial charge >= 0.3 is 12.0 Å². The van der Waals surface area contributed by atoms with Gasteiger partial charge in [-0.2, -0.15) is 4.98 Å². The van der Waals surface area contributed by atoms with Crippen molar-refractivity contribution in [3.63, 3.8) is 0 Å². The van der Waals surface area contributed by atoms with Crippen LogP contribution in [-0.2, 0) is 18.4 Å². The van der Waals surface area contributed by atoms with Crippen molar-refractivity contribution >= 4 is 5.97 Å². The summed E-state index contributed by atoms with van der Waals surface area (Å²) < 4.78 is 39.1. The van der Waals surface area contributed by atoms with E-state index in [1.165, 1.54) is 10.9 Å². The second-order valence-corrected chi connectivity index (χ2v) is 9.30. The van der Waals surface area contributed by atoms with Gasteiger partial charge in [-0.3, -0.25) is 4.79 Å². The smallest absolute Gasteiger partial charge is 0.317 e. The number of carboxylic acids is 1. The van der Waals surface area contributed by atoms with E-state index in [-0.39, 0.29) is 30.6 Å². The van der Waals surface area contributed by atoms with Gasteiger partial charge in [0.15, 0.2) is 0 Å². The molecule has 0 saturated heterocycles. The summed E-state index contributed by atoms with van der Waals surface area (Å²) in [6.07, 6.45) is 1.75. The number of hydrogen-bond acceptors (Lipinski definition) is 8. The van der Waals surface area contributed by atoms with Crippen LogP contribution in [0.2, 0.25) is 0 Å². The molecule has 2 aliphatic carbocycles. The minimum atomic E-state index is -2.72. The molecule has 190 valence electrons. The molecule has 0 aromatic carbocycles. The number of aliphatic carboxylic acids is 1. The first-order chi connectivity index (χ1) is 17.3. The Morgan fingerprint density at radius 1 is 1.22 bits per heavy atom. The minimum absolute atomic E-state index is 0.0296. The summed E-state index contributed by atoms with van der Waals surface area (Å²) in [5.41, 5.74) is 1.87. The van der Waals surface area contributed by atoms with Crippen LogP contribution in [0.1, 0.15) is 49.2 Å². The molecule has 5 rings (SSSR count). The lowest BCUT2D eigenvalue weighted by Gasteiger charge is -2.18. The van der Waals surface area contributed by atoms with Gasteiger partial charge in [-0.25, -0.2) is 23.4 Å². The van der Waals surface area contributed by atoms with Crippen molar-refractivity contribution in [2.24, 2.45) is 24.8 Å². The van der Waals surface area contributed by atoms with Crippen molar-refractivity contribution in [3.8, 4) is 23.1 Å². The molecule has 1 N–H and O–H groups in total. The van der Waals surface area contributed by atoms with Crippen LogP contribution in [0.4, 0.5) is 8.78 Å². The van der Waals surface area contributed by atoms with Crippen LogP contribution in [0.25, 0.3) is 11.4 Å². The number of nitrogens with zero attached hydrogens (tertiary/aromatic N) is 6. The lowest BCUT2D eigenvalue weighted by atomic mass is 9.92. The standard InChI is InChI=1S/C24H26F2N6O4/c1-12-20(36-14-9-13-3-4-15(23(33)34)16(13)10-14)6-5-17(28-12)21-19(32(2)31-30-21)11-35-24-27-8-7-18(29-24)22(25)26/h5-8,13-16,22H,3-4,9-11H2,1-2H3,(H,33,34)/t13-,14+,15?,16+/m1/s1. The second-order valence-electron chi connectivity index (χ2n) is 9.30. The first-order valence-electron chi connectivity index (χ1n) is 11.8. The molecule has 1 unspecified atom stereocenters. The summed E-state index contributed by atoms with van der Waals surface area (Å²) in [5, 5.41) is 17.7. The molecule has 2 aliphatic rings. The van der Waals surface area contributed by atoms with E-state index in [1.807, 2.05) is 13.0 Å². The number of rotatable bonds is 8. The fraction of sp³-hybridized carbons (Fsp3) is 0.500. The van der Waals surface area contributed by atoms with Crippen molar-refractivity contribution in [1.82, 2.24) is 29.9 Å². The quantitative estimate of drug-likeness (QED) is 0.492. The zero-order chi connectivity index (χ0) is 25.4. The molecule has 4 atom stereocenters. The summed E-state index contributed by atoms with van der Waals surface area (Å²) in [6.45, 7) is 1.80. The van der Waals surface area contributed by atoms with E-state index >= 15 is 0 Å². The second kappa shape index (κ2) is 9.75. The molecule has 3 aromatic heterocycles. The summed E-state index contributed by atoms with van der Waals surface area (Å²) in [4.78, 5) is 23.8. The van der Waals surface area contributed by atoms with Crippen LogP contribution < -0.4 is 9.47 Å². The number of hydrogen-bond donors (Lipinski definition) is 1. The monoisotopic (exact) mass is 500 g/mol. The predicted molar refractivity (Wildman–Crippen MR) is 121 cm³/mol. The molecule has 0 amide bonds. The van der Waals surface area contributed by atoms with E-state index in [0.717, 1.165) is 31.7 Å². The molecule has 0 aliphatic heterocycles. The molecular weight excluding hydrogens is 474 g/mol. The number of aromatic nitrogens is 6. The van der Waals surface area contributed by atoms with Gasteiger partial charge in [-0.15, -0.1) is 5.10 Å². The van der Waals surface area contributed by atoms with Crippen molar-refractivity contribution in [2.75, 3.05) is 0 Å². The number of alkyl halides is 2. The average Bonchev–Trinajstić information content (AvgIpc) is 3.53. The maximum Gasteiger partial charge on any atom is 0.317 e. The number of pyridine rings is 1. The lowest BCUT2D eigenvalue weighted by Crippen LogP contribution is -2.21. The highest BCUT2D eigenvalue weighted by molar-refractivity contribution is 5.71.